The molecular formula is C15H18N6OS. The van der Waals surface area contributed by atoms with Crippen LogP contribution >= 0.6 is 11.8 Å². The van der Waals surface area contributed by atoms with Gasteiger partial charge in [0.2, 0.25) is 11.1 Å². The lowest BCUT2D eigenvalue weighted by molar-refractivity contribution is -0.118. The Morgan fingerprint density at radius 3 is 3.09 bits per heavy atom. The first-order valence-corrected chi connectivity index (χ1v) is 8.40. The molecule has 2 N–H and O–H groups in total. The van der Waals surface area contributed by atoms with Gasteiger partial charge >= 0.3 is 0 Å². The van der Waals surface area contributed by atoms with Gasteiger partial charge in [-0.2, -0.15) is 5.10 Å². The van der Waals surface area contributed by atoms with Crippen molar-refractivity contribution in [3.63, 3.8) is 0 Å². The van der Waals surface area contributed by atoms with Crippen molar-refractivity contribution in [2.45, 2.75) is 25.0 Å². The molecule has 8 heteroatoms. The predicted octanol–water partition coefficient (Wildman–Crippen LogP) is 1.76. The third-order valence-electron chi connectivity index (χ3n) is 3.33. The first-order valence-electron chi connectivity index (χ1n) is 7.41. The van der Waals surface area contributed by atoms with Crippen molar-refractivity contribution in [3.8, 4) is 0 Å². The molecule has 0 aliphatic rings. The average molecular weight is 330 g/mol. The van der Waals surface area contributed by atoms with Crippen LogP contribution in [0.4, 0.5) is 0 Å². The number of carbonyl (C=O) groups excluding carboxylic acids is 1. The molecule has 0 aliphatic carbocycles. The highest BCUT2D eigenvalue weighted by Gasteiger charge is 2.06. The molecule has 0 spiro atoms. The quantitative estimate of drug-likeness (QED) is 0.509. The number of amides is 1. The molecule has 1 aromatic carbocycles. The second-order valence-electron chi connectivity index (χ2n) is 5.12. The van der Waals surface area contributed by atoms with Crippen LogP contribution in [0, 0.1) is 6.92 Å². The van der Waals surface area contributed by atoms with Crippen LogP contribution < -0.4 is 5.32 Å². The number of hydrogen-bond acceptors (Lipinski definition) is 5. The molecule has 0 radical (unpaired) electrons. The van der Waals surface area contributed by atoms with E-state index in [0.717, 1.165) is 29.7 Å². The van der Waals surface area contributed by atoms with E-state index in [1.165, 1.54) is 11.8 Å². The first-order chi connectivity index (χ1) is 11.2. The summed E-state index contributed by atoms with van der Waals surface area (Å²) in [6.07, 6.45) is 2.70. The van der Waals surface area contributed by atoms with Crippen LogP contribution in [-0.2, 0) is 11.3 Å². The number of aromatic nitrogens is 5. The van der Waals surface area contributed by atoms with Crippen molar-refractivity contribution < 1.29 is 4.79 Å². The Morgan fingerprint density at radius 1 is 1.39 bits per heavy atom. The standard InChI is InChI=1S/C15H18N6OS/c1-11-18-15(20-19-11)23-10-14(22)16-7-4-8-21-13-6-3-2-5-12(13)9-17-21/h2-3,5-6,9H,4,7-8,10H2,1H3,(H,16,22)(H,18,19,20). The third kappa shape index (κ3) is 4.10. The number of carbonyl (C=O) groups is 1. The number of nitrogens with zero attached hydrogens (tertiary/aromatic N) is 4. The smallest absolute Gasteiger partial charge is 0.230 e. The second-order valence-corrected chi connectivity index (χ2v) is 6.06. The molecule has 120 valence electrons. The minimum Gasteiger partial charge on any atom is -0.355 e. The molecule has 0 aliphatic heterocycles. The number of nitrogens with one attached hydrogen (secondary N) is 2. The molecule has 0 atom stereocenters. The zero-order chi connectivity index (χ0) is 16.1. The first kappa shape index (κ1) is 15.5. The monoisotopic (exact) mass is 330 g/mol. The fourth-order valence-corrected chi connectivity index (χ4v) is 2.90. The molecule has 2 aromatic heterocycles. The lowest BCUT2D eigenvalue weighted by atomic mass is 10.2. The fraction of sp³-hybridized carbons (Fsp3) is 0.333. The van der Waals surface area contributed by atoms with E-state index in [1.807, 2.05) is 36.0 Å². The van der Waals surface area contributed by atoms with Gasteiger partial charge in [0.05, 0.1) is 17.5 Å². The van der Waals surface area contributed by atoms with Crippen LogP contribution in [-0.4, -0.2) is 43.2 Å². The minimum absolute atomic E-state index is 0.0113. The maximum absolute atomic E-state index is 11.8. The average Bonchev–Trinajstić information content (AvgIpc) is 3.16. The number of para-hydroxylation sites is 1. The van der Waals surface area contributed by atoms with Gasteiger partial charge in [-0.25, -0.2) is 4.98 Å². The Bertz CT molecular complexity index is 796. The molecule has 23 heavy (non-hydrogen) atoms. The molecule has 7 nitrogen and oxygen atoms in total. The van der Waals surface area contributed by atoms with Gasteiger partial charge in [0.25, 0.3) is 0 Å². The highest BCUT2D eigenvalue weighted by molar-refractivity contribution is 7.99. The number of fused-ring (bicyclic) bond motifs is 1. The van der Waals surface area contributed by atoms with Gasteiger partial charge < -0.3 is 5.32 Å². The Kier molecular flexibility index (Phi) is 4.92. The molecule has 1 amide bonds. The molecular weight excluding hydrogens is 312 g/mol. The number of rotatable bonds is 7. The Labute approximate surface area is 137 Å². The highest BCUT2D eigenvalue weighted by Crippen LogP contribution is 2.13. The van der Waals surface area contributed by atoms with Crippen molar-refractivity contribution in [1.29, 1.82) is 0 Å². The Balaban J connectivity index is 1.38. The predicted molar refractivity (Wildman–Crippen MR) is 89.2 cm³/mol. The van der Waals surface area contributed by atoms with E-state index >= 15 is 0 Å². The van der Waals surface area contributed by atoms with Crippen LogP contribution in [0.5, 0.6) is 0 Å². The van der Waals surface area contributed by atoms with E-state index in [4.69, 9.17) is 0 Å². The molecule has 3 rings (SSSR count). The second kappa shape index (κ2) is 7.28. The van der Waals surface area contributed by atoms with Crippen LogP contribution in [0.3, 0.4) is 0 Å². The number of aromatic amines is 1. The summed E-state index contributed by atoms with van der Waals surface area (Å²) in [4.78, 5) is 15.9. The van der Waals surface area contributed by atoms with Crippen molar-refractivity contribution in [1.82, 2.24) is 30.3 Å². The summed E-state index contributed by atoms with van der Waals surface area (Å²) < 4.78 is 1.96. The lowest BCUT2D eigenvalue weighted by Gasteiger charge is -2.05. The van der Waals surface area contributed by atoms with Gasteiger partial charge in [0.1, 0.15) is 5.82 Å². The van der Waals surface area contributed by atoms with Crippen LogP contribution in [0.15, 0.2) is 35.6 Å². The minimum atomic E-state index is -0.0113. The molecule has 0 unspecified atom stereocenters. The Morgan fingerprint density at radius 2 is 2.26 bits per heavy atom. The number of aryl methyl sites for hydroxylation is 2. The zero-order valence-corrected chi connectivity index (χ0v) is 13.6. The van der Waals surface area contributed by atoms with E-state index in [0.29, 0.717) is 17.5 Å². The molecule has 2 heterocycles. The van der Waals surface area contributed by atoms with Gasteiger partial charge in [0, 0.05) is 18.5 Å². The van der Waals surface area contributed by atoms with Gasteiger partial charge in [-0.1, -0.05) is 30.0 Å². The van der Waals surface area contributed by atoms with Crippen molar-refractivity contribution in [2.24, 2.45) is 0 Å². The normalized spacial score (nSPS) is 11.0. The largest absolute Gasteiger partial charge is 0.355 e. The van der Waals surface area contributed by atoms with Gasteiger partial charge in [-0.3, -0.25) is 14.6 Å². The number of benzene rings is 1. The number of hydrogen-bond donors (Lipinski definition) is 2. The lowest BCUT2D eigenvalue weighted by Crippen LogP contribution is -2.27. The van der Waals surface area contributed by atoms with Crippen molar-refractivity contribution in [3.05, 3.63) is 36.3 Å². The van der Waals surface area contributed by atoms with E-state index in [9.17, 15) is 4.79 Å². The summed E-state index contributed by atoms with van der Waals surface area (Å²) in [5.41, 5.74) is 1.12. The summed E-state index contributed by atoms with van der Waals surface area (Å²) >= 11 is 1.32. The number of H-pyrrole nitrogens is 1. The van der Waals surface area contributed by atoms with E-state index < -0.39 is 0 Å². The molecule has 0 saturated heterocycles. The van der Waals surface area contributed by atoms with Crippen LogP contribution in [0.2, 0.25) is 0 Å². The van der Waals surface area contributed by atoms with E-state index in [1.54, 1.807) is 0 Å². The maximum Gasteiger partial charge on any atom is 0.230 e. The summed E-state index contributed by atoms with van der Waals surface area (Å²) in [7, 11) is 0. The van der Waals surface area contributed by atoms with Gasteiger partial charge in [-0.05, 0) is 19.4 Å². The number of thioether (sulfide) groups is 1. The third-order valence-corrected chi connectivity index (χ3v) is 4.18. The van der Waals surface area contributed by atoms with Crippen LogP contribution in [0.1, 0.15) is 12.2 Å². The van der Waals surface area contributed by atoms with E-state index in [-0.39, 0.29) is 5.91 Å². The van der Waals surface area contributed by atoms with Crippen molar-refractivity contribution in [2.75, 3.05) is 12.3 Å². The highest BCUT2D eigenvalue weighted by atomic mass is 32.2. The van der Waals surface area contributed by atoms with Gasteiger partial charge in [0.15, 0.2) is 0 Å². The summed E-state index contributed by atoms with van der Waals surface area (Å²) in [5.74, 6) is 1.06. The Hall–Kier alpha value is -2.35. The molecule has 0 fully saturated rings. The molecule has 3 aromatic rings. The summed E-state index contributed by atoms with van der Waals surface area (Å²) in [6.45, 7) is 3.23. The van der Waals surface area contributed by atoms with Crippen LogP contribution in [0.25, 0.3) is 10.9 Å². The maximum atomic E-state index is 11.8. The SMILES string of the molecule is Cc1nc(SCC(=O)NCCCn2ncc3ccccc32)n[nH]1. The summed E-state index contributed by atoms with van der Waals surface area (Å²) in [5, 5.41) is 15.7. The van der Waals surface area contributed by atoms with E-state index in [2.05, 4.69) is 31.7 Å². The molecule has 0 saturated carbocycles. The fourth-order valence-electron chi connectivity index (χ4n) is 2.23. The van der Waals surface area contributed by atoms with Crippen molar-refractivity contribution >= 4 is 28.6 Å². The van der Waals surface area contributed by atoms with Gasteiger partial charge in [-0.15, -0.1) is 5.10 Å². The molecule has 0 bridgehead atoms. The topological polar surface area (TPSA) is 88.5 Å². The summed E-state index contributed by atoms with van der Waals surface area (Å²) in [6, 6.07) is 8.10. The zero-order valence-electron chi connectivity index (χ0n) is 12.8.